The van der Waals surface area contributed by atoms with Crippen molar-refractivity contribution >= 4 is 0 Å². The standard InChI is InChI=1S/CH4O.K.Na.2H/c1-2;;;;/h2H,1H3;;;;/q;2*+1;2*-1. The first-order valence-corrected chi connectivity index (χ1v) is 0.447. The first kappa shape index (κ1) is 16.0. The van der Waals surface area contributed by atoms with Crippen molar-refractivity contribution < 1.29 is 88.9 Å². The fourth-order valence-electron chi connectivity index (χ4n) is 0. The molecule has 0 atom stereocenters. The third-order valence-electron chi connectivity index (χ3n) is 0. The van der Waals surface area contributed by atoms with Gasteiger partial charge in [-0.15, -0.1) is 0 Å². The van der Waals surface area contributed by atoms with Gasteiger partial charge in [0.05, 0.1) is 0 Å². The van der Waals surface area contributed by atoms with E-state index in [0.29, 0.717) is 0 Å². The molecule has 0 fully saturated rings. The van der Waals surface area contributed by atoms with Crippen LogP contribution in [0.4, 0.5) is 0 Å². The van der Waals surface area contributed by atoms with Crippen LogP contribution in [0.5, 0.6) is 0 Å². The Balaban J connectivity index is -0.000000000833. The maximum atomic E-state index is 7.00. The van der Waals surface area contributed by atoms with Crippen molar-refractivity contribution in [2.75, 3.05) is 7.11 Å². The second-order valence-electron chi connectivity index (χ2n) is 0. The summed E-state index contributed by atoms with van der Waals surface area (Å²) in [5.41, 5.74) is 0. The van der Waals surface area contributed by atoms with Gasteiger partial charge in [0, 0.05) is 7.11 Å². The molecule has 0 amide bonds. The molecular formula is CH6KNaO. The molecule has 0 saturated carbocycles. The molecule has 18 valence electrons. The van der Waals surface area contributed by atoms with Crippen molar-refractivity contribution in [2.45, 2.75) is 0 Å². The van der Waals surface area contributed by atoms with Gasteiger partial charge in [-0.3, -0.25) is 0 Å². The average Bonchev–Trinajstić information content (AvgIpc) is 1.00. The van der Waals surface area contributed by atoms with Gasteiger partial charge < -0.3 is 7.96 Å². The van der Waals surface area contributed by atoms with Crippen LogP contribution in [0.25, 0.3) is 0 Å². The third-order valence-corrected chi connectivity index (χ3v) is 0. The maximum Gasteiger partial charge on any atom is 1.00 e. The van der Waals surface area contributed by atoms with Crippen molar-refractivity contribution in [3.05, 3.63) is 0 Å². The van der Waals surface area contributed by atoms with Gasteiger partial charge in [0.15, 0.2) is 0 Å². The Labute approximate surface area is 93.8 Å². The largest absolute Gasteiger partial charge is 1.00 e. The quantitative estimate of drug-likeness (QED) is 0.298. The van der Waals surface area contributed by atoms with E-state index in [1.54, 1.807) is 0 Å². The maximum absolute atomic E-state index is 7.00. The van der Waals surface area contributed by atoms with Crippen LogP contribution >= 0.6 is 0 Å². The molecule has 4 heavy (non-hydrogen) atoms. The SMILES string of the molecule is CO.[H-].[H-].[K+].[Na+]. The van der Waals surface area contributed by atoms with E-state index in [1.165, 1.54) is 0 Å². The van der Waals surface area contributed by atoms with Gasteiger partial charge in [0.1, 0.15) is 0 Å². The second-order valence-corrected chi connectivity index (χ2v) is 0. The first-order valence-electron chi connectivity index (χ1n) is 0.447. The molecule has 0 aromatic carbocycles. The number of hydrogen-bond donors (Lipinski definition) is 1. The number of aliphatic hydroxyl groups is 1. The van der Waals surface area contributed by atoms with Crippen LogP contribution in [0.15, 0.2) is 0 Å². The Morgan fingerprint density at radius 2 is 1.50 bits per heavy atom. The molecule has 1 nitrogen and oxygen atoms in total. The number of hydrogen-bond acceptors (Lipinski definition) is 1. The predicted molar refractivity (Wildman–Crippen MR) is 10.4 cm³/mol. The summed E-state index contributed by atoms with van der Waals surface area (Å²) in [6.45, 7) is 0. The zero-order chi connectivity index (χ0) is 2.00. The van der Waals surface area contributed by atoms with Gasteiger partial charge in [-0.05, 0) is 0 Å². The normalized spacial score (nSPS) is 1.50. The van der Waals surface area contributed by atoms with Gasteiger partial charge in [-0.1, -0.05) is 0 Å². The molecule has 0 aliphatic rings. The zero-order valence-corrected chi connectivity index (χ0v) is 8.57. The molecular weight excluding hydrogens is 90.1 g/mol. The van der Waals surface area contributed by atoms with E-state index >= 15 is 0 Å². The Morgan fingerprint density at radius 3 is 1.50 bits per heavy atom. The Bertz CT molecular complexity index is 13.5. The summed E-state index contributed by atoms with van der Waals surface area (Å²) in [6, 6.07) is 0. The van der Waals surface area contributed by atoms with Crippen molar-refractivity contribution in [1.29, 1.82) is 0 Å². The molecule has 0 aromatic heterocycles. The molecule has 0 bridgehead atoms. The van der Waals surface area contributed by atoms with Crippen molar-refractivity contribution in [3.63, 3.8) is 0 Å². The van der Waals surface area contributed by atoms with Crippen LogP contribution in [-0.2, 0) is 0 Å². The summed E-state index contributed by atoms with van der Waals surface area (Å²) in [7, 11) is 1.00. The van der Waals surface area contributed by atoms with E-state index in [2.05, 4.69) is 0 Å². The van der Waals surface area contributed by atoms with Crippen LogP contribution in [0.2, 0.25) is 0 Å². The molecule has 0 aliphatic carbocycles. The van der Waals surface area contributed by atoms with E-state index in [9.17, 15) is 0 Å². The third kappa shape index (κ3) is 8.82. The molecule has 0 aromatic rings. The summed E-state index contributed by atoms with van der Waals surface area (Å²) in [6.07, 6.45) is 0. The average molecular weight is 96.1 g/mol. The molecule has 0 rings (SSSR count). The number of rotatable bonds is 0. The molecule has 3 heteroatoms. The monoisotopic (exact) mass is 96.0 g/mol. The fraction of sp³-hybridized carbons (Fsp3) is 1.00. The smallest absolute Gasteiger partial charge is 1.00 e. The Hall–Kier alpha value is 2.60. The second kappa shape index (κ2) is 17.5. The zero-order valence-electron chi connectivity index (χ0n) is 5.45. The fourth-order valence-corrected chi connectivity index (χ4v) is 0. The molecule has 0 unspecified atom stereocenters. The van der Waals surface area contributed by atoms with Gasteiger partial charge in [0.2, 0.25) is 0 Å². The van der Waals surface area contributed by atoms with Gasteiger partial charge >= 0.3 is 80.9 Å². The van der Waals surface area contributed by atoms with Gasteiger partial charge in [0.25, 0.3) is 0 Å². The van der Waals surface area contributed by atoms with E-state index < -0.39 is 0 Å². The van der Waals surface area contributed by atoms with E-state index in [1.807, 2.05) is 0 Å². The van der Waals surface area contributed by atoms with Crippen LogP contribution in [0, 0.1) is 0 Å². The molecule has 1 N–H and O–H groups in total. The molecule has 0 radical (unpaired) electrons. The summed E-state index contributed by atoms with van der Waals surface area (Å²) < 4.78 is 0. The van der Waals surface area contributed by atoms with Crippen molar-refractivity contribution in [3.8, 4) is 0 Å². The van der Waals surface area contributed by atoms with Crippen LogP contribution < -0.4 is 80.9 Å². The van der Waals surface area contributed by atoms with Gasteiger partial charge in [-0.25, -0.2) is 0 Å². The summed E-state index contributed by atoms with van der Waals surface area (Å²) in [4.78, 5) is 0. The Morgan fingerprint density at radius 1 is 1.50 bits per heavy atom. The van der Waals surface area contributed by atoms with E-state index in [-0.39, 0.29) is 83.8 Å². The number of aliphatic hydroxyl groups excluding tert-OH is 1. The minimum absolute atomic E-state index is 0. The molecule has 0 saturated heterocycles. The summed E-state index contributed by atoms with van der Waals surface area (Å²) in [5, 5.41) is 7.00. The summed E-state index contributed by atoms with van der Waals surface area (Å²) in [5.74, 6) is 0. The molecule has 0 heterocycles. The van der Waals surface area contributed by atoms with Crippen LogP contribution in [-0.4, -0.2) is 12.2 Å². The topological polar surface area (TPSA) is 20.2 Å². The predicted octanol–water partition coefficient (Wildman–Crippen LogP) is -6.16. The molecule has 0 aliphatic heterocycles. The summed E-state index contributed by atoms with van der Waals surface area (Å²) >= 11 is 0. The van der Waals surface area contributed by atoms with Crippen molar-refractivity contribution in [1.82, 2.24) is 0 Å². The van der Waals surface area contributed by atoms with Crippen molar-refractivity contribution in [2.24, 2.45) is 0 Å². The Kier molecular flexibility index (Phi) is 70.0. The van der Waals surface area contributed by atoms with Crippen LogP contribution in [0.3, 0.4) is 0 Å². The minimum Gasteiger partial charge on any atom is -1.00 e. The van der Waals surface area contributed by atoms with Gasteiger partial charge in [-0.2, -0.15) is 0 Å². The minimum atomic E-state index is 0. The van der Waals surface area contributed by atoms with E-state index in [0.717, 1.165) is 7.11 Å². The van der Waals surface area contributed by atoms with Crippen LogP contribution in [0.1, 0.15) is 2.85 Å². The molecule has 0 spiro atoms. The van der Waals surface area contributed by atoms with E-state index in [4.69, 9.17) is 5.11 Å². The first-order chi connectivity index (χ1) is 1.00.